The summed E-state index contributed by atoms with van der Waals surface area (Å²) in [6.45, 7) is 3.72. The highest BCUT2D eigenvalue weighted by Gasteiger charge is 2.34. The summed E-state index contributed by atoms with van der Waals surface area (Å²) in [5.41, 5.74) is 0.693. The summed E-state index contributed by atoms with van der Waals surface area (Å²) in [6, 6.07) is 2.16. The number of anilines is 1. The van der Waals surface area contributed by atoms with E-state index in [9.17, 15) is 0 Å². The molecule has 0 bridgehead atoms. The Bertz CT molecular complexity index is 520. The molecular weight excluding hydrogens is 336 g/mol. The van der Waals surface area contributed by atoms with E-state index in [0.717, 1.165) is 32.2 Å². The molecule has 1 aromatic rings. The molecule has 8 heteroatoms. The molecule has 26 heavy (non-hydrogen) atoms. The van der Waals surface area contributed by atoms with Crippen LogP contribution in [-0.2, 0) is 24.7 Å². The number of nitrogens with zero attached hydrogens (tertiary/aromatic N) is 2. The molecule has 0 radical (unpaired) electrons. The number of rotatable bonds is 11. The van der Waals surface area contributed by atoms with Gasteiger partial charge in [-0.05, 0) is 38.3 Å². The molecule has 2 rings (SSSR count). The van der Waals surface area contributed by atoms with E-state index in [1.807, 2.05) is 13.0 Å². The second kappa shape index (κ2) is 10.7. The van der Waals surface area contributed by atoms with Gasteiger partial charge in [0.2, 0.25) is 11.7 Å². The van der Waals surface area contributed by atoms with Crippen molar-refractivity contribution in [2.24, 2.45) is 0 Å². The van der Waals surface area contributed by atoms with Crippen LogP contribution in [0.4, 0.5) is 5.95 Å². The van der Waals surface area contributed by atoms with E-state index in [-0.39, 0.29) is 6.10 Å². The van der Waals surface area contributed by atoms with Gasteiger partial charge in [-0.1, -0.05) is 6.92 Å². The number of hydrogen-bond donors (Lipinski definition) is 2. The minimum atomic E-state index is -0.930. The van der Waals surface area contributed by atoms with Crippen molar-refractivity contribution in [1.29, 1.82) is 0 Å². The van der Waals surface area contributed by atoms with Crippen LogP contribution in [0.25, 0.3) is 0 Å². The van der Waals surface area contributed by atoms with E-state index in [4.69, 9.17) is 18.9 Å². The lowest BCUT2D eigenvalue weighted by Crippen LogP contribution is -2.42. The Kier molecular flexibility index (Phi) is 8.67. The summed E-state index contributed by atoms with van der Waals surface area (Å²) >= 11 is 0. The molecule has 0 atom stereocenters. The highest BCUT2D eigenvalue weighted by Crippen LogP contribution is 2.26. The van der Waals surface area contributed by atoms with E-state index in [1.165, 1.54) is 0 Å². The van der Waals surface area contributed by atoms with Gasteiger partial charge in [-0.25, -0.2) is 9.97 Å². The average molecular weight is 368 g/mol. The third kappa shape index (κ3) is 5.59. The van der Waals surface area contributed by atoms with E-state index in [2.05, 4.69) is 20.6 Å². The van der Waals surface area contributed by atoms with Crippen LogP contribution in [0.1, 0.15) is 38.3 Å². The topological polar surface area (TPSA) is 86.8 Å². The standard InChI is InChI=1S/C18H32N4O4/c1-5-19-12-18(24-3,25-4)16-10-11-20-17(22-16)21-14-6-8-15(9-7-14)26-13-23-2/h10-11,14-15,19H,5-9,12-13H2,1-4H3,(H,20,21,22). The average Bonchev–Trinajstić information content (AvgIpc) is 2.69. The number of likely N-dealkylation sites (N-methyl/N-ethyl adjacent to an activating group) is 1. The smallest absolute Gasteiger partial charge is 0.224 e. The summed E-state index contributed by atoms with van der Waals surface area (Å²) in [5, 5.41) is 6.69. The zero-order valence-corrected chi connectivity index (χ0v) is 16.3. The maximum atomic E-state index is 5.64. The molecule has 0 saturated heterocycles. The van der Waals surface area contributed by atoms with E-state index in [0.29, 0.717) is 31.0 Å². The summed E-state index contributed by atoms with van der Waals surface area (Å²) < 4.78 is 21.9. The first-order valence-electron chi connectivity index (χ1n) is 9.19. The molecule has 1 fully saturated rings. The molecule has 0 aromatic carbocycles. The van der Waals surface area contributed by atoms with Crippen LogP contribution < -0.4 is 10.6 Å². The maximum Gasteiger partial charge on any atom is 0.224 e. The molecule has 1 aromatic heterocycles. The molecule has 8 nitrogen and oxygen atoms in total. The molecule has 1 aliphatic carbocycles. The van der Waals surface area contributed by atoms with E-state index < -0.39 is 5.79 Å². The zero-order valence-electron chi connectivity index (χ0n) is 16.3. The molecule has 0 spiro atoms. The van der Waals surface area contributed by atoms with Crippen molar-refractivity contribution < 1.29 is 18.9 Å². The number of hydrogen-bond acceptors (Lipinski definition) is 8. The van der Waals surface area contributed by atoms with Crippen molar-refractivity contribution in [3.05, 3.63) is 18.0 Å². The lowest BCUT2D eigenvalue weighted by Gasteiger charge is -2.31. The predicted molar refractivity (Wildman–Crippen MR) is 98.9 cm³/mol. The lowest BCUT2D eigenvalue weighted by atomic mass is 9.93. The summed E-state index contributed by atoms with van der Waals surface area (Å²) in [6.07, 6.45) is 6.03. The Morgan fingerprint density at radius 2 is 1.88 bits per heavy atom. The maximum absolute atomic E-state index is 5.64. The first kappa shape index (κ1) is 21.0. The molecule has 1 aliphatic rings. The highest BCUT2D eigenvalue weighted by atomic mass is 16.7. The van der Waals surface area contributed by atoms with Crippen molar-refractivity contribution in [1.82, 2.24) is 15.3 Å². The number of nitrogens with one attached hydrogen (secondary N) is 2. The second-order valence-corrected chi connectivity index (χ2v) is 6.40. The van der Waals surface area contributed by atoms with Gasteiger partial charge in [0.1, 0.15) is 12.5 Å². The van der Waals surface area contributed by atoms with Gasteiger partial charge in [-0.2, -0.15) is 0 Å². The molecule has 148 valence electrons. The van der Waals surface area contributed by atoms with Gasteiger partial charge in [0.15, 0.2) is 0 Å². The second-order valence-electron chi connectivity index (χ2n) is 6.40. The van der Waals surface area contributed by atoms with Crippen LogP contribution in [0.15, 0.2) is 12.3 Å². The quantitative estimate of drug-likeness (QED) is 0.573. The summed E-state index contributed by atoms with van der Waals surface area (Å²) in [7, 11) is 4.89. The fourth-order valence-electron chi connectivity index (χ4n) is 3.18. The van der Waals surface area contributed by atoms with E-state index in [1.54, 1.807) is 27.5 Å². The number of methoxy groups -OCH3 is 3. The molecule has 2 N–H and O–H groups in total. The Morgan fingerprint density at radius 1 is 1.15 bits per heavy atom. The van der Waals surface area contributed by atoms with Crippen molar-refractivity contribution in [2.75, 3.05) is 46.5 Å². The van der Waals surface area contributed by atoms with E-state index >= 15 is 0 Å². The zero-order chi connectivity index (χ0) is 18.8. The summed E-state index contributed by atoms with van der Waals surface area (Å²) in [5.74, 6) is -0.333. The van der Waals surface area contributed by atoms with Gasteiger partial charge in [-0.3, -0.25) is 0 Å². The van der Waals surface area contributed by atoms with Gasteiger partial charge in [-0.15, -0.1) is 0 Å². The Morgan fingerprint density at radius 3 is 2.50 bits per heavy atom. The highest BCUT2D eigenvalue weighted by molar-refractivity contribution is 5.28. The molecule has 1 heterocycles. The lowest BCUT2D eigenvalue weighted by molar-refractivity contribution is -0.214. The number of ether oxygens (including phenoxy) is 4. The van der Waals surface area contributed by atoms with Crippen molar-refractivity contribution >= 4 is 5.95 Å². The fraction of sp³-hybridized carbons (Fsp3) is 0.778. The van der Waals surface area contributed by atoms with Crippen molar-refractivity contribution in [3.63, 3.8) is 0 Å². The predicted octanol–water partition coefficient (Wildman–Crippen LogP) is 1.88. The Balaban J connectivity index is 1.98. The Labute approximate surface area is 156 Å². The van der Waals surface area contributed by atoms with Crippen LogP contribution in [0.5, 0.6) is 0 Å². The van der Waals surface area contributed by atoms with Gasteiger partial charge in [0.05, 0.1) is 12.6 Å². The van der Waals surface area contributed by atoms with Gasteiger partial charge >= 0.3 is 0 Å². The van der Waals surface area contributed by atoms with Crippen LogP contribution in [0.2, 0.25) is 0 Å². The molecule has 0 amide bonds. The van der Waals surface area contributed by atoms with Crippen LogP contribution in [0.3, 0.4) is 0 Å². The van der Waals surface area contributed by atoms with Gasteiger partial charge in [0, 0.05) is 33.6 Å². The van der Waals surface area contributed by atoms with Crippen molar-refractivity contribution in [3.8, 4) is 0 Å². The van der Waals surface area contributed by atoms with Gasteiger partial charge in [0.25, 0.3) is 0 Å². The minimum absolute atomic E-state index is 0.273. The SMILES string of the molecule is CCNCC(OC)(OC)c1ccnc(NC2CCC(OCOC)CC2)n1. The molecular formula is C18H32N4O4. The molecule has 0 aliphatic heterocycles. The van der Waals surface area contributed by atoms with Crippen LogP contribution >= 0.6 is 0 Å². The minimum Gasteiger partial charge on any atom is -0.359 e. The van der Waals surface area contributed by atoms with Gasteiger partial charge < -0.3 is 29.6 Å². The first-order chi connectivity index (χ1) is 12.7. The normalized spacial score (nSPS) is 20.9. The monoisotopic (exact) mass is 368 g/mol. The number of aromatic nitrogens is 2. The largest absolute Gasteiger partial charge is 0.359 e. The third-order valence-electron chi connectivity index (χ3n) is 4.74. The Hall–Kier alpha value is -1.32. The molecule has 0 unspecified atom stereocenters. The first-order valence-corrected chi connectivity index (χ1v) is 9.19. The van der Waals surface area contributed by atoms with Crippen LogP contribution in [-0.4, -0.2) is 63.3 Å². The van der Waals surface area contributed by atoms with Crippen molar-refractivity contribution in [2.45, 2.75) is 50.5 Å². The molecule has 1 saturated carbocycles. The van der Waals surface area contributed by atoms with Crippen LogP contribution in [0, 0.1) is 0 Å². The fourth-order valence-corrected chi connectivity index (χ4v) is 3.18. The summed E-state index contributed by atoms with van der Waals surface area (Å²) in [4.78, 5) is 9.00. The third-order valence-corrected chi connectivity index (χ3v) is 4.74.